The lowest BCUT2D eigenvalue weighted by molar-refractivity contribution is -0.304. The molecule has 24 heavy (non-hydrogen) atoms. The van der Waals surface area contributed by atoms with Crippen LogP contribution in [0.4, 0.5) is 0 Å². The van der Waals surface area contributed by atoms with Crippen LogP contribution in [0.1, 0.15) is 75.2 Å². The molecule has 2 rings (SSSR count). The molecule has 0 amide bonds. The van der Waals surface area contributed by atoms with E-state index in [2.05, 4.69) is 20.8 Å². The number of carboxylic acid groups (broad SMARTS) is 1. The van der Waals surface area contributed by atoms with Crippen LogP contribution in [0.3, 0.4) is 0 Å². The highest BCUT2D eigenvalue weighted by Gasteiger charge is 2.23. The Hall–Kier alpha value is -1.29. The van der Waals surface area contributed by atoms with Gasteiger partial charge in [-0.15, -0.1) is 11.8 Å². The number of carboxylic acids is 1. The van der Waals surface area contributed by atoms with Crippen molar-refractivity contribution in [3.63, 3.8) is 0 Å². The van der Waals surface area contributed by atoms with Crippen LogP contribution in [-0.2, 0) is 10.2 Å². The first-order valence-corrected chi connectivity index (χ1v) is 9.71. The topological polar surface area (TPSA) is 57.2 Å². The van der Waals surface area contributed by atoms with Crippen LogP contribution < -0.4 is 5.11 Å². The summed E-state index contributed by atoms with van der Waals surface area (Å²) in [7, 11) is 0. The molecule has 4 heteroatoms. The van der Waals surface area contributed by atoms with E-state index in [4.69, 9.17) is 0 Å². The average molecular weight is 348 g/mol. The normalized spacial score (nSPS) is 17.5. The van der Waals surface area contributed by atoms with E-state index < -0.39 is 11.2 Å². The Bertz CT molecular complexity index is 566. The van der Waals surface area contributed by atoms with Crippen molar-refractivity contribution in [1.82, 2.24) is 0 Å². The van der Waals surface area contributed by atoms with Crippen LogP contribution in [0.2, 0.25) is 0 Å². The van der Waals surface area contributed by atoms with E-state index in [1.54, 1.807) is 12.1 Å². The summed E-state index contributed by atoms with van der Waals surface area (Å²) in [5.74, 6) is -1.24. The van der Waals surface area contributed by atoms with Crippen molar-refractivity contribution < 1.29 is 14.7 Å². The molecule has 0 bridgehead atoms. The lowest BCUT2D eigenvalue weighted by Crippen LogP contribution is -2.36. The number of carbonyl (C=O) groups is 2. The monoisotopic (exact) mass is 347 g/mol. The van der Waals surface area contributed by atoms with Gasteiger partial charge in [-0.1, -0.05) is 64.3 Å². The van der Waals surface area contributed by atoms with Gasteiger partial charge in [0.1, 0.15) is 0 Å². The number of carbonyl (C=O) groups excluding carboxylic acids is 2. The molecule has 1 aliphatic carbocycles. The molecule has 1 fully saturated rings. The summed E-state index contributed by atoms with van der Waals surface area (Å²) in [6.45, 7) is 6.37. The Labute approximate surface area is 149 Å². The van der Waals surface area contributed by atoms with Crippen LogP contribution in [0, 0.1) is 0 Å². The predicted molar refractivity (Wildman–Crippen MR) is 97.3 cm³/mol. The largest absolute Gasteiger partial charge is 0.549 e. The zero-order valence-corrected chi connectivity index (χ0v) is 15.7. The van der Waals surface area contributed by atoms with Gasteiger partial charge in [0.05, 0.1) is 11.2 Å². The highest BCUT2D eigenvalue weighted by Crippen LogP contribution is 2.32. The second-order valence-corrected chi connectivity index (χ2v) is 9.17. The minimum absolute atomic E-state index is 0.0123. The SMILES string of the molecule is CC(C)(C)c1ccc(C(=O)C[C@@H](SC2CCCCC2)C(=O)[O-])cc1. The Morgan fingerprint density at radius 1 is 1.12 bits per heavy atom. The Morgan fingerprint density at radius 3 is 2.21 bits per heavy atom. The van der Waals surface area contributed by atoms with Gasteiger partial charge in [-0.25, -0.2) is 0 Å². The first-order chi connectivity index (χ1) is 11.3. The molecule has 0 aromatic heterocycles. The molecule has 1 aliphatic rings. The number of rotatable bonds is 6. The third kappa shape index (κ3) is 5.37. The van der Waals surface area contributed by atoms with Crippen LogP contribution in [0.5, 0.6) is 0 Å². The van der Waals surface area contributed by atoms with Crippen LogP contribution in [0.15, 0.2) is 24.3 Å². The molecule has 0 heterocycles. The summed E-state index contributed by atoms with van der Waals surface area (Å²) in [5, 5.41) is 11.0. The van der Waals surface area contributed by atoms with Crippen LogP contribution in [0.25, 0.3) is 0 Å². The number of benzene rings is 1. The molecule has 0 radical (unpaired) electrons. The fraction of sp³-hybridized carbons (Fsp3) is 0.600. The van der Waals surface area contributed by atoms with E-state index in [1.165, 1.54) is 18.2 Å². The number of thioether (sulfide) groups is 1. The van der Waals surface area contributed by atoms with Gasteiger partial charge in [-0.2, -0.15) is 0 Å². The van der Waals surface area contributed by atoms with Gasteiger partial charge < -0.3 is 9.90 Å². The number of Topliss-reactive ketones (excluding diaryl/α,β-unsaturated/α-hetero) is 1. The molecule has 1 atom stereocenters. The lowest BCUT2D eigenvalue weighted by atomic mass is 9.86. The van der Waals surface area contributed by atoms with Crippen molar-refractivity contribution in [1.29, 1.82) is 0 Å². The van der Waals surface area contributed by atoms with Crippen molar-refractivity contribution in [2.45, 2.75) is 75.2 Å². The molecule has 0 saturated heterocycles. The molecule has 0 spiro atoms. The second-order valence-electron chi connectivity index (χ2n) is 7.66. The molecule has 1 aromatic rings. The van der Waals surface area contributed by atoms with E-state index in [-0.39, 0.29) is 17.6 Å². The molecule has 132 valence electrons. The van der Waals surface area contributed by atoms with Crippen molar-refractivity contribution in [2.75, 3.05) is 0 Å². The summed E-state index contributed by atoms with van der Waals surface area (Å²) in [4.78, 5) is 23.9. The third-order valence-corrected chi connectivity index (χ3v) is 6.16. The third-order valence-electron chi connectivity index (χ3n) is 4.62. The van der Waals surface area contributed by atoms with Crippen LogP contribution in [-0.4, -0.2) is 22.3 Å². The zero-order chi connectivity index (χ0) is 17.7. The quantitative estimate of drug-likeness (QED) is 0.736. The Kier molecular flexibility index (Phi) is 6.50. The number of aliphatic carboxylic acids is 1. The van der Waals surface area contributed by atoms with Gasteiger partial charge in [-0.3, -0.25) is 4.79 Å². The summed E-state index contributed by atoms with van der Waals surface area (Å²) in [6.07, 6.45) is 5.63. The van der Waals surface area contributed by atoms with Gasteiger partial charge in [0.2, 0.25) is 0 Å². The first kappa shape index (κ1) is 19.0. The van der Waals surface area contributed by atoms with Crippen LogP contribution >= 0.6 is 11.8 Å². The predicted octanol–water partition coefficient (Wildman–Crippen LogP) is 3.74. The van der Waals surface area contributed by atoms with E-state index >= 15 is 0 Å². The smallest absolute Gasteiger partial charge is 0.164 e. The van der Waals surface area contributed by atoms with Gasteiger partial charge in [0.15, 0.2) is 5.78 Å². The molecular formula is C20H27O3S-. The van der Waals surface area contributed by atoms with Crippen molar-refractivity contribution in [3.8, 4) is 0 Å². The minimum Gasteiger partial charge on any atom is -0.549 e. The second kappa shape index (κ2) is 8.19. The molecule has 0 N–H and O–H groups in total. The van der Waals surface area contributed by atoms with Gasteiger partial charge >= 0.3 is 0 Å². The summed E-state index contributed by atoms with van der Waals surface area (Å²) in [5.41, 5.74) is 1.77. The highest BCUT2D eigenvalue weighted by atomic mass is 32.2. The average Bonchev–Trinajstić information content (AvgIpc) is 2.54. The Morgan fingerprint density at radius 2 is 1.71 bits per heavy atom. The zero-order valence-electron chi connectivity index (χ0n) is 14.8. The van der Waals surface area contributed by atoms with Crippen molar-refractivity contribution >= 4 is 23.5 Å². The van der Waals surface area contributed by atoms with E-state index in [9.17, 15) is 14.7 Å². The van der Waals surface area contributed by atoms with Gasteiger partial charge in [0.25, 0.3) is 0 Å². The summed E-state index contributed by atoms with van der Waals surface area (Å²) < 4.78 is 0. The van der Waals surface area contributed by atoms with Crippen molar-refractivity contribution in [3.05, 3.63) is 35.4 Å². The maximum Gasteiger partial charge on any atom is 0.164 e. The minimum atomic E-state index is -1.12. The maximum absolute atomic E-state index is 12.5. The molecule has 0 unspecified atom stereocenters. The molecule has 3 nitrogen and oxygen atoms in total. The molecular weight excluding hydrogens is 320 g/mol. The number of hydrogen-bond donors (Lipinski definition) is 0. The summed E-state index contributed by atoms with van der Waals surface area (Å²) in [6, 6.07) is 7.52. The van der Waals surface area contributed by atoms with Crippen molar-refractivity contribution in [2.24, 2.45) is 0 Å². The van der Waals surface area contributed by atoms with E-state index in [1.807, 2.05) is 12.1 Å². The lowest BCUT2D eigenvalue weighted by Gasteiger charge is -2.26. The molecule has 0 aliphatic heterocycles. The van der Waals surface area contributed by atoms with E-state index in [0.717, 1.165) is 31.2 Å². The van der Waals surface area contributed by atoms with E-state index in [0.29, 0.717) is 10.8 Å². The number of hydrogen-bond acceptors (Lipinski definition) is 4. The fourth-order valence-electron chi connectivity index (χ4n) is 3.06. The maximum atomic E-state index is 12.5. The highest BCUT2D eigenvalue weighted by molar-refractivity contribution is 8.01. The molecule has 1 saturated carbocycles. The standard InChI is InChI=1S/C20H28O3S/c1-20(2,3)15-11-9-14(10-12-15)17(21)13-18(19(22)23)24-16-7-5-4-6-8-16/h9-12,16,18H,4-8,13H2,1-3H3,(H,22,23)/p-1/t18-/m1/s1. The Balaban J connectivity index is 2.00. The van der Waals surface area contributed by atoms with Gasteiger partial charge in [-0.05, 0) is 23.8 Å². The molecule has 1 aromatic carbocycles. The summed E-state index contributed by atoms with van der Waals surface area (Å²) >= 11 is 1.42. The first-order valence-electron chi connectivity index (χ1n) is 8.77. The van der Waals surface area contributed by atoms with Gasteiger partial charge in [0, 0.05) is 17.2 Å². The number of ketones is 1. The fourth-order valence-corrected chi connectivity index (χ4v) is 4.49.